The Hall–Kier alpha value is -1.22. The molecule has 1 saturated heterocycles. The highest BCUT2D eigenvalue weighted by atomic mass is 32.1. The second kappa shape index (κ2) is 5.19. The molecule has 0 aliphatic carbocycles. The molecule has 0 radical (unpaired) electrons. The average Bonchev–Trinajstić information content (AvgIpc) is 2.86. The molecule has 0 saturated carbocycles. The number of amides is 1. The number of alkyl halides is 3. The van der Waals surface area contributed by atoms with Gasteiger partial charge in [-0.05, 0) is 19.4 Å². The zero-order valence-electron chi connectivity index (χ0n) is 9.25. The van der Waals surface area contributed by atoms with Crippen molar-refractivity contribution in [2.24, 2.45) is 0 Å². The van der Waals surface area contributed by atoms with E-state index in [4.69, 9.17) is 0 Å². The Labute approximate surface area is 105 Å². The van der Waals surface area contributed by atoms with E-state index in [-0.39, 0.29) is 22.1 Å². The molecule has 1 amide bonds. The number of anilines is 1. The summed E-state index contributed by atoms with van der Waals surface area (Å²) in [6, 6.07) is -0.292. The number of nitrogens with zero attached hydrogens (tertiary/aromatic N) is 2. The maximum absolute atomic E-state index is 12.1. The lowest BCUT2D eigenvalue weighted by molar-refractivity contribution is -0.127. The minimum absolute atomic E-state index is 0.105. The number of hydrogen-bond donors (Lipinski definition) is 2. The molecule has 1 atom stereocenters. The minimum atomic E-state index is -4.31. The Bertz CT molecular complexity index is 428. The van der Waals surface area contributed by atoms with Gasteiger partial charge in [-0.3, -0.25) is 10.1 Å². The molecule has 2 N–H and O–H groups in total. The lowest BCUT2D eigenvalue weighted by atomic mass is 10.2. The number of carbonyl (C=O) groups excluding carboxylic acids is 1. The summed E-state index contributed by atoms with van der Waals surface area (Å²) in [6.07, 6.45) is -3.80. The van der Waals surface area contributed by atoms with Crippen LogP contribution in [0.2, 0.25) is 0 Å². The summed E-state index contributed by atoms with van der Waals surface area (Å²) < 4.78 is 36.3. The molecule has 100 valence electrons. The van der Waals surface area contributed by atoms with E-state index in [0.717, 1.165) is 30.7 Å². The quantitative estimate of drug-likeness (QED) is 0.876. The predicted molar refractivity (Wildman–Crippen MR) is 59.3 cm³/mol. The predicted octanol–water partition coefficient (Wildman–Crippen LogP) is 1.33. The number of nitrogens with one attached hydrogen (secondary N) is 2. The zero-order chi connectivity index (χ0) is 13.2. The molecule has 9 heteroatoms. The molecule has 0 bridgehead atoms. The molecular formula is C9H11F3N4OS. The normalized spacial score (nSPS) is 20.1. The monoisotopic (exact) mass is 280 g/mol. The van der Waals surface area contributed by atoms with Gasteiger partial charge >= 0.3 is 6.18 Å². The Morgan fingerprint density at radius 1 is 1.50 bits per heavy atom. The van der Waals surface area contributed by atoms with Gasteiger partial charge in [-0.2, -0.15) is 13.2 Å². The van der Waals surface area contributed by atoms with E-state index in [1.54, 1.807) is 0 Å². The molecule has 1 aliphatic rings. The van der Waals surface area contributed by atoms with E-state index in [2.05, 4.69) is 20.8 Å². The molecular weight excluding hydrogens is 269 g/mol. The van der Waals surface area contributed by atoms with Crippen LogP contribution in [-0.4, -0.2) is 34.9 Å². The van der Waals surface area contributed by atoms with Gasteiger partial charge in [-0.1, -0.05) is 11.3 Å². The SMILES string of the molecule is O=C(Nc1nnc(CC(F)(F)F)s1)C1CCCN1. The molecule has 1 aromatic heterocycles. The second-order valence-electron chi connectivity index (χ2n) is 3.93. The summed E-state index contributed by atoms with van der Waals surface area (Å²) in [6.45, 7) is 0.771. The summed E-state index contributed by atoms with van der Waals surface area (Å²) in [5, 5.41) is 12.3. The van der Waals surface area contributed by atoms with Crippen LogP contribution in [0.1, 0.15) is 17.8 Å². The Morgan fingerprint density at radius 3 is 2.89 bits per heavy atom. The van der Waals surface area contributed by atoms with Crippen molar-refractivity contribution in [3.63, 3.8) is 0 Å². The maximum atomic E-state index is 12.1. The van der Waals surface area contributed by atoms with Crippen molar-refractivity contribution < 1.29 is 18.0 Å². The van der Waals surface area contributed by atoms with Crippen LogP contribution in [0.5, 0.6) is 0 Å². The molecule has 1 aliphatic heterocycles. The summed E-state index contributed by atoms with van der Waals surface area (Å²) in [4.78, 5) is 11.7. The molecule has 2 rings (SSSR count). The fraction of sp³-hybridized carbons (Fsp3) is 0.667. The first-order valence-electron chi connectivity index (χ1n) is 5.37. The first-order valence-corrected chi connectivity index (χ1v) is 6.19. The van der Waals surface area contributed by atoms with Gasteiger partial charge in [0.1, 0.15) is 5.01 Å². The molecule has 5 nitrogen and oxygen atoms in total. The van der Waals surface area contributed by atoms with E-state index >= 15 is 0 Å². The third kappa shape index (κ3) is 3.64. The summed E-state index contributed by atoms with van der Waals surface area (Å²) in [5.41, 5.74) is 0. The standard InChI is InChI=1S/C9H11F3N4OS/c10-9(11,12)4-6-15-16-8(18-6)14-7(17)5-2-1-3-13-5/h5,13H,1-4H2,(H,14,16,17). The third-order valence-corrected chi connectivity index (χ3v) is 3.26. The van der Waals surface area contributed by atoms with Crippen LogP contribution < -0.4 is 10.6 Å². The Balaban J connectivity index is 1.92. The van der Waals surface area contributed by atoms with Gasteiger partial charge in [0.05, 0.1) is 12.5 Å². The van der Waals surface area contributed by atoms with Crippen molar-refractivity contribution >= 4 is 22.4 Å². The summed E-state index contributed by atoms with van der Waals surface area (Å²) in [7, 11) is 0. The first kappa shape index (κ1) is 13.2. The van der Waals surface area contributed by atoms with Crippen molar-refractivity contribution in [1.82, 2.24) is 15.5 Å². The van der Waals surface area contributed by atoms with Crippen LogP contribution in [0.4, 0.5) is 18.3 Å². The zero-order valence-corrected chi connectivity index (χ0v) is 10.1. The second-order valence-corrected chi connectivity index (χ2v) is 4.99. The Morgan fingerprint density at radius 2 is 2.28 bits per heavy atom. The van der Waals surface area contributed by atoms with E-state index in [1.165, 1.54) is 0 Å². The molecule has 0 spiro atoms. The van der Waals surface area contributed by atoms with Gasteiger partial charge in [0, 0.05) is 0 Å². The number of aromatic nitrogens is 2. The van der Waals surface area contributed by atoms with Crippen molar-refractivity contribution in [1.29, 1.82) is 0 Å². The van der Waals surface area contributed by atoms with Crippen LogP contribution in [0.15, 0.2) is 0 Å². The highest BCUT2D eigenvalue weighted by Gasteiger charge is 2.30. The van der Waals surface area contributed by atoms with Crippen molar-refractivity contribution in [2.75, 3.05) is 11.9 Å². The molecule has 0 aromatic carbocycles. The smallest absolute Gasteiger partial charge is 0.306 e. The van der Waals surface area contributed by atoms with Gasteiger partial charge in [0.25, 0.3) is 0 Å². The lowest BCUT2D eigenvalue weighted by Crippen LogP contribution is -2.35. The first-order chi connectivity index (χ1) is 8.44. The van der Waals surface area contributed by atoms with Crippen molar-refractivity contribution in [3.05, 3.63) is 5.01 Å². The maximum Gasteiger partial charge on any atom is 0.395 e. The van der Waals surface area contributed by atoms with E-state index < -0.39 is 12.6 Å². The van der Waals surface area contributed by atoms with Crippen LogP contribution in [0.25, 0.3) is 0 Å². The molecule has 1 fully saturated rings. The van der Waals surface area contributed by atoms with Crippen LogP contribution >= 0.6 is 11.3 Å². The molecule has 2 heterocycles. The highest BCUT2D eigenvalue weighted by molar-refractivity contribution is 7.15. The molecule has 1 unspecified atom stereocenters. The fourth-order valence-corrected chi connectivity index (χ4v) is 2.42. The van der Waals surface area contributed by atoms with E-state index in [9.17, 15) is 18.0 Å². The number of rotatable bonds is 3. The van der Waals surface area contributed by atoms with Gasteiger partial charge in [-0.25, -0.2) is 0 Å². The Kier molecular flexibility index (Phi) is 3.81. The van der Waals surface area contributed by atoms with Crippen LogP contribution in [-0.2, 0) is 11.2 Å². The topological polar surface area (TPSA) is 66.9 Å². The molecule has 1 aromatic rings. The van der Waals surface area contributed by atoms with Crippen LogP contribution in [0.3, 0.4) is 0 Å². The highest BCUT2D eigenvalue weighted by Crippen LogP contribution is 2.25. The van der Waals surface area contributed by atoms with Gasteiger partial charge < -0.3 is 5.32 Å². The van der Waals surface area contributed by atoms with Gasteiger partial charge in [0.15, 0.2) is 0 Å². The molecule has 18 heavy (non-hydrogen) atoms. The fourth-order valence-electron chi connectivity index (χ4n) is 1.65. The van der Waals surface area contributed by atoms with Crippen molar-refractivity contribution in [3.8, 4) is 0 Å². The number of halogens is 3. The largest absolute Gasteiger partial charge is 0.395 e. The van der Waals surface area contributed by atoms with E-state index in [0.29, 0.717) is 0 Å². The minimum Gasteiger partial charge on any atom is -0.306 e. The summed E-state index contributed by atoms with van der Waals surface area (Å²) in [5.74, 6) is -0.276. The van der Waals surface area contributed by atoms with Gasteiger partial charge in [-0.15, -0.1) is 10.2 Å². The summed E-state index contributed by atoms with van der Waals surface area (Å²) >= 11 is 0.745. The van der Waals surface area contributed by atoms with Crippen molar-refractivity contribution in [2.45, 2.75) is 31.5 Å². The average molecular weight is 280 g/mol. The lowest BCUT2D eigenvalue weighted by Gasteiger charge is -2.07. The number of hydrogen-bond acceptors (Lipinski definition) is 5. The van der Waals surface area contributed by atoms with E-state index in [1.807, 2.05) is 0 Å². The van der Waals surface area contributed by atoms with Gasteiger partial charge in [0.2, 0.25) is 11.0 Å². The van der Waals surface area contributed by atoms with Crippen LogP contribution in [0, 0.1) is 0 Å². The number of carbonyl (C=O) groups is 1. The third-order valence-electron chi connectivity index (χ3n) is 2.43.